The van der Waals surface area contributed by atoms with Crippen LogP contribution in [0.1, 0.15) is 11.4 Å². The van der Waals surface area contributed by atoms with E-state index in [9.17, 15) is 13.2 Å². The first-order valence-electron chi connectivity index (χ1n) is 12.6. The van der Waals surface area contributed by atoms with Crippen molar-refractivity contribution in [3.05, 3.63) is 84.4 Å². The van der Waals surface area contributed by atoms with Crippen LogP contribution in [-0.4, -0.2) is 62.9 Å². The van der Waals surface area contributed by atoms with E-state index in [4.69, 9.17) is 35.3 Å². The second kappa shape index (κ2) is 11.6. The van der Waals surface area contributed by atoms with E-state index in [1.165, 1.54) is 0 Å². The number of alkyl halides is 3. The lowest BCUT2D eigenvalue weighted by molar-refractivity contribution is -0.192. The third kappa shape index (κ3) is 6.44. The molecule has 12 heteroatoms. The summed E-state index contributed by atoms with van der Waals surface area (Å²) in [7, 11) is 0. The summed E-state index contributed by atoms with van der Waals surface area (Å²) in [5.41, 5.74) is 12.2. The minimum atomic E-state index is -5.08. The number of nitrogen functional groups attached to an aromatic ring is 1. The van der Waals surface area contributed by atoms with Crippen molar-refractivity contribution in [2.24, 2.45) is 0 Å². The van der Waals surface area contributed by atoms with Crippen LogP contribution >= 0.6 is 0 Å². The average Bonchev–Trinajstić information content (AvgIpc) is 3.41. The number of rotatable bonds is 4. The zero-order chi connectivity index (χ0) is 29.0. The van der Waals surface area contributed by atoms with Crippen LogP contribution in [0.15, 0.2) is 73.1 Å². The monoisotopic (exact) mass is 562 g/mol. The summed E-state index contributed by atoms with van der Waals surface area (Å²) in [4.78, 5) is 25.6. The third-order valence-electron chi connectivity index (χ3n) is 6.30. The maximum absolute atomic E-state index is 10.6. The second-order valence-electron chi connectivity index (χ2n) is 9.11. The molecule has 0 aliphatic carbocycles. The third-order valence-corrected chi connectivity index (χ3v) is 6.30. The number of hydrogen-bond acceptors (Lipinski definition) is 7. The quantitative estimate of drug-likeness (QED) is 0.288. The first-order valence-corrected chi connectivity index (χ1v) is 12.6. The van der Waals surface area contributed by atoms with E-state index in [1.807, 2.05) is 73.1 Å². The molecule has 4 heterocycles. The number of carbonyl (C=O) groups is 1. The Morgan fingerprint density at radius 1 is 0.951 bits per heavy atom. The second-order valence-corrected chi connectivity index (χ2v) is 9.11. The molecule has 0 bridgehead atoms. The van der Waals surface area contributed by atoms with Gasteiger partial charge in [-0.1, -0.05) is 36.4 Å². The van der Waals surface area contributed by atoms with Crippen molar-refractivity contribution < 1.29 is 27.8 Å². The van der Waals surface area contributed by atoms with E-state index in [2.05, 4.69) is 21.4 Å². The highest BCUT2D eigenvalue weighted by atomic mass is 19.4. The molecular weight excluding hydrogens is 537 g/mol. The summed E-state index contributed by atoms with van der Waals surface area (Å²) in [6.07, 6.45) is 2.87. The number of pyridine rings is 1. The van der Waals surface area contributed by atoms with Gasteiger partial charge in [-0.3, -0.25) is 4.40 Å². The van der Waals surface area contributed by atoms with Gasteiger partial charge in [0.15, 0.2) is 11.5 Å². The number of aliphatic carboxylic acids is 1. The molecule has 6 rings (SSSR count). The molecule has 0 unspecified atom stereocenters. The van der Waals surface area contributed by atoms with Crippen LogP contribution in [-0.2, 0) is 9.53 Å². The Morgan fingerprint density at radius 3 is 2.34 bits per heavy atom. The zero-order valence-electron chi connectivity index (χ0n) is 21.6. The van der Waals surface area contributed by atoms with E-state index in [-0.39, 0.29) is 0 Å². The van der Waals surface area contributed by atoms with Crippen LogP contribution < -0.4 is 10.6 Å². The molecular formula is C29H25F3N6O3. The van der Waals surface area contributed by atoms with Gasteiger partial charge in [0, 0.05) is 35.9 Å². The number of imidazole rings is 1. The summed E-state index contributed by atoms with van der Waals surface area (Å²) in [6.45, 7) is 2.97. The molecule has 1 fully saturated rings. The summed E-state index contributed by atoms with van der Waals surface area (Å²) >= 11 is 0. The topological polar surface area (TPSA) is 119 Å². The van der Waals surface area contributed by atoms with Crippen molar-refractivity contribution >= 4 is 46.2 Å². The molecule has 0 amide bonds. The number of ether oxygens (including phenoxy) is 1. The smallest absolute Gasteiger partial charge is 0.475 e. The van der Waals surface area contributed by atoms with Crippen molar-refractivity contribution in [2.45, 2.75) is 6.18 Å². The molecule has 41 heavy (non-hydrogen) atoms. The normalized spacial score (nSPS) is 13.9. The Kier molecular flexibility index (Phi) is 7.83. The van der Waals surface area contributed by atoms with E-state index >= 15 is 0 Å². The van der Waals surface area contributed by atoms with Gasteiger partial charge in [0.1, 0.15) is 0 Å². The molecule has 9 nitrogen and oxygen atoms in total. The molecule has 3 N–H and O–H groups in total. The largest absolute Gasteiger partial charge is 0.490 e. The molecule has 0 spiro atoms. The van der Waals surface area contributed by atoms with Crippen molar-refractivity contribution in [2.75, 3.05) is 36.9 Å². The first kappa shape index (κ1) is 27.6. The molecule has 1 aliphatic rings. The molecule has 0 atom stereocenters. The van der Waals surface area contributed by atoms with Crippen LogP contribution in [0.5, 0.6) is 0 Å². The standard InChI is InChI=1S/C27H24N6O.C2HF3O2/c28-21-8-5-20(6-9-21)25-17-29-26(32-13-15-34-16-14-32)27-31-23(18-33(25)27)12-11-22-10-7-19-3-1-2-4-24(19)30-22;3-2(4,5)1(6)7/h1-12,17-18H,13-16,28H2;(H,6,7)/b12-11+;. The summed E-state index contributed by atoms with van der Waals surface area (Å²) in [5.74, 6) is -1.89. The fourth-order valence-electron chi connectivity index (χ4n) is 4.27. The van der Waals surface area contributed by atoms with Crippen LogP contribution in [0.25, 0.3) is 40.0 Å². The number of aromatic nitrogens is 4. The molecule has 3 aromatic heterocycles. The number of benzene rings is 2. The lowest BCUT2D eigenvalue weighted by Crippen LogP contribution is -2.37. The summed E-state index contributed by atoms with van der Waals surface area (Å²) < 4.78 is 39.4. The molecule has 210 valence electrons. The fraction of sp³-hybridized carbons (Fsp3) is 0.172. The number of nitrogens with two attached hydrogens (primary N) is 1. The van der Waals surface area contributed by atoms with Crippen LogP contribution in [0.3, 0.4) is 0 Å². The SMILES string of the molecule is Nc1ccc(-c2cnc(N3CCOCC3)c3nc(/C=C/c4ccc5ccccc5n4)cn23)cc1.O=C(O)C(F)(F)F. The zero-order valence-corrected chi connectivity index (χ0v) is 21.6. The van der Waals surface area contributed by atoms with E-state index < -0.39 is 12.1 Å². The van der Waals surface area contributed by atoms with Crippen molar-refractivity contribution in [1.29, 1.82) is 0 Å². The Bertz CT molecular complexity index is 1710. The molecule has 5 aromatic rings. The van der Waals surface area contributed by atoms with E-state index in [0.29, 0.717) is 13.2 Å². The predicted octanol–water partition coefficient (Wildman–Crippen LogP) is 5.17. The molecule has 0 radical (unpaired) electrons. The first-order chi connectivity index (χ1) is 19.7. The highest BCUT2D eigenvalue weighted by molar-refractivity contribution is 5.81. The van der Waals surface area contributed by atoms with Gasteiger partial charge in [0.2, 0.25) is 0 Å². The van der Waals surface area contributed by atoms with Gasteiger partial charge < -0.3 is 20.5 Å². The highest BCUT2D eigenvalue weighted by Gasteiger charge is 2.38. The minimum absolute atomic E-state index is 0.689. The minimum Gasteiger partial charge on any atom is -0.475 e. The van der Waals surface area contributed by atoms with Crippen LogP contribution in [0.4, 0.5) is 24.7 Å². The number of carboxylic acids is 1. The lowest BCUT2D eigenvalue weighted by atomic mass is 10.1. The number of nitrogens with zero attached hydrogens (tertiary/aromatic N) is 5. The van der Waals surface area contributed by atoms with Gasteiger partial charge >= 0.3 is 12.1 Å². The van der Waals surface area contributed by atoms with Gasteiger partial charge in [0.05, 0.1) is 42.0 Å². The van der Waals surface area contributed by atoms with Crippen LogP contribution in [0, 0.1) is 0 Å². The molecule has 2 aromatic carbocycles. The average molecular weight is 563 g/mol. The predicted molar refractivity (Wildman–Crippen MR) is 150 cm³/mol. The lowest BCUT2D eigenvalue weighted by Gasteiger charge is -2.28. The van der Waals surface area contributed by atoms with Gasteiger partial charge in [-0.05, 0) is 36.4 Å². The van der Waals surface area contributed by atoms with Gasteiger partial charge in [-0.25, -0.2) is 19.7 Å². The number of halogens is 3. The van der Waals surface area contributed by atoms with Gasteiger partial charge in [-0.15, -0.1) is 0 Å². The van der Waals surface area contributed by atoms with E-state index in [1.54, 1.807) is 0 Å². The number of hydrogen-bond donors (Lipinski definition) is 2. The number of para-hydroxylation sites is 1. The molecule has 1 saturated heterocycles. The van der Waals surface area contributed by atoms with Crippen molar-refractivity contribution in [3.63, 3.8) is 0 Å². The number of carboxylic acid groups (broad SMARTS) is 1. The number of anilines is 2. The summed E-state index contributed by atoms with van der Waals surface area (Å²) in [5, 5.41) is 8.25. The molecule has 1 aliphatic heterocycles. The van der Waals surface area contributed by atoms with Crippen molar-refractivity contribution in [3.8, 4) is 11.3 Å². The fourth-order valence-corrected chi connectivity index (χ4v) is 4.27. The Hall–Kier alpha value is -4.97. The van der Waals surface area contributed by atoms with Crippen LogP contribution in [0.2, 0.25) is 0 Å². The number of morpholine rings is 1. The van der Waals surface area contributed by atoms with E-state index in [0.717, 1.165) is 63.8 Å². The Balaban J connectivity index is 0.000000431. The molecule has 0 saturated carbocycles. The Labute approximate surface area is 232 Å². The highest BCUT2D eigenvalue weighted by Crippen LogP contribution is 2.28. The summed E-state index contributed by atoms with van der Waals surface area (Å²) in [6, 6.07) is 20.1. The van der Waals surface area contributed by atoms with Gasteiger partial charge in [-0.2, -0.15) is 13.2 Å². The maximum atomic E-state index is 10.6. The Morgan fingerprint density at radius 2 is 1.63 bits per heavy atom. The maximum Gasteiger partial charge on any atom is 0.490 e. The number of fused-ring (bicyclic) bond motifs is 2. The van der Waals surface area contributed by atoms with Gasteiger partial charge in [0.25, 0.3) is 0 Å². The van der Waals surface area contributed by atoms with Crippen molar-refractivity contribution in [1.82, 2.24) is 19.4 Å².